The van der Waals surface area contributed by atoms with Gasteiger partial charge in [-0.25, -0.2) is 19.3 Å². The topological polar surface area (TPSA) is 73.8 Å². The minimum atomic E-state index is -0.608. The fourth-order valence-corrected chi connectivity index (χ4v) is 2.27. The maximum Gasteiger partial charge on any atom is 0.442 e. The first kappa shape index (κ1) is 13.8. The Hall–Kier alpha value is -2.18. The van der Waals surface area contributed by atoms with Crippen LogP contribution in [0.1, 0.15) is 5.56 Å². The third-order valence-electron chi connectivity index (χ3n) is 2.80. The zero-order valence-electron chi connectivity index (χ0n) is 10.5. The molecule has 0 amide bonds. The van der Waals surface area contributed by atoms with Crippen molar-refractivity contribution >= 4 is 23.2 Å². The molecule has 3 aromatic rings. The summed E-state index contributed by atoms with van der Waals surface area (Å²) in [6.45, 7) is 0.186. The molecule has 8 heteroatoms. The zero-order valence-corrected chi connectivity index (χ0v) is 12.0. The molecule has 106 valence electrons. The quantitative estimate of drug-likeness (QED) is 0.741. The molecule has 1 aromatic carbocycles. The third-order valence-corrected chi connectivity index (χ3v) is 3.38. The second-order valence-electron chi connectivity index (χ2n) is 4.17. The Morgan fingerprint density at radius 2 is 1.95 bits per heavy atom. The lowest BCUT2D eigenvalue weighted by molar-refractivity contribution is 0.378. The van der Waals surface area contributed by atoms with Crippen LogP contribution in [0.2, 0.25) is 10.0 Å². The fourth-order valence-electron chi connectivity index (χ4n) is 1.80. The number of benzene rings is 1. The lowest BCUT2D eigenvalue weighted by Crippen LogP contribution is -2.17. The van der Waals surface area contributed by atoms with E-state index in [-0.39, 0.29) is 12.4 Å². The summed E-state index contributed by atoms with van der Waals surface area (Å²) in [7, 11) is 0. The van der Waals surface area contributed by atoms with Crippen LogP contribution in [0, 0.1) is 0 Å². The van der Waals surface area contributed by atoms with Crippen molar-refractivity contribution in [2.75, 3.05) is 0 Å². The summed E-state index contributed by atoms with van der Waals surface area (Å²) in [6.07, 6.45) is 3.11. The van der Waals surface area contributed by atoms with Crippen LogP contribution in [0.4, 0.5) is 0 Å². The number of rotatable bonds is 3. The fraction of sp³-hybridized carbons (Fsp3) is 0.0769. The van der Waals surface area contributed by atoms with Crippen molar-refractivity contribution in [3.63, 3.8) is 0 Å². The highest BCUT2D eigenvalue weighted by molar-refractivity contribution is 6.35. The molecule has 0 aliphatic heterocycles. The van der Waals surface area contributed by atoms with E-state index < -0.39 is 5.76 Å². The van der Waals surface area contributed by atoms with Crippen LogP contribution in [-0.2, 0) is 6.54 Å². The summed E-state index contributed by atoms with van der Waals surface area (Å²) in [6, 6.07) is 6.71. The van der Waals surface area contributed by atoms with Crippen LogP contribution >= 0.6 is 23.2 Å². The lowest BCUT2D eigenvalue weighted by Gasteiger charge is -2.06. The Morgan fingerprint density at radius 1 is 1.19 bits per heavy atom. The Kier molecular flexibility index (Phi) is 3.72. The molecule has 0 bridgehead atoms. The molecular formula is C13H8Cl2N4O2. The first-order valence-corrected chi connectivity index (χ1v) is 6.68. The lowest BCUT2D eigenvalue weighted by atomic mass is 10.2. The molecule has 2 aromatic heterocycles. The molecule has 0 unspecified atom stereocenters. The summed E-state index contributed by atoms with van der Waals surface area (Å²) in [4.78, 5) is 19.9. The van der Waals surface area contributed by atoms with Gasteiger partial charge in [-0.2, -0.15) is 0 Å². The molecule has 0 N–H and O–H groups in total. The zero-order chi connectivity index (χ0) is 14.8. The van der Waals surface area contributed by atoms with Gasteiger partial charge in [0.2, 0.25) is 5.82 Å². The standard InChI is InChI=1S/C13H8Cl2N4O2/c14-9-3-2-8(10(15)6-9)7-19-12(18-21-13(19)20)11-16-4-1-5-17-11/h1-6H,7H2. The molecule has 0 aliphatic rings. The largest absolute Gasteiger partial charge is 0.442 e. The maximum absolute atomic E-state index is 11.8. The molecule has 6 nitrogen and oxygen atoms in total. The molecule has 0 saturated carbocycles. The SMILES string of the molecule is O=c1onc(-c2ncccn2)n1Cc1ccc(Cl)cc1Cl. The van der Waals surface area contributed by atoms with E-state index in [0.29, 0.717) is 21.4 Å². The van der Waals surface area contributed by atoms with E-state index in [1.165, 1.54) is 4.57 Å². The van der Waals surface area contributed by atoms with Gasteiger partial charge >= 0.3 is 5.76 Å². The summed E-state index contributed by atoms with van der Waals surface area (Å²) >= 11 is 12.0. The van der Waals surface area contributed by atoms with Gasteiger partial charge in [-0.05, 0) is 23.8 Å². The average Bonchev–Trinajstić information content (AvgIpc) is 2.84. The van der Waals surface area contributed by atoms with E-state index in [9.17, 15) is 4.79 Å². The van der Waals surface area contributed by atoms with Gasteiger partial charge in [0.15, 0.2) is 5.82 Å². The summed E-state index contributed by atoms with van der Waals surface area (Å²) in [5.41, 5.74) is 0.712. The van der Waals surface area contributed by atoms with Crippen molar-refractivity contribution in [2.45, 2.75) is 6.54 Å². The molecule has 0 spiro atoms. The van der Waals surface area contributed by atoms with Crippen LogP contribution in [0.15, 0.2) is 46.0 Å². The molecule has 0 saturated heterocycles. The van der Waals surface area contributed by atoms with E-state index in [1.54, 1.807) is 36.7 Å². The van der Waals surface area contributed by atoms with Crippen molar-refractivity contribution in [1.82, 2.24) is 19.7 Å². The minimum Gasteiger partial charge on any atom is -0.295 e. The van der Waals surface area contributed by atoms with Crippen LogP contribution < -0.4 is 5.76 Å². The van der Waals surface area contributed by atoms with Crippen LogP contribution in [0.3, 0.4) is 0 Å². The van der Waals surface area contributed by atoms with Crippen molar-refractivity contribution in [2.24, 2.45) is 0 Å². The van der Waals surface area contributed by atoms with E-state index in [0.717, 1.165) is 0 Å². The van der Waals surface area contributed by atoms with Crippen LogP contribution in [-0.4, -0.2) is 19.7 Å². The first-order valence-electron chi connectivity index (χ1n) is 5.93. The Morgan fingerprint density at radius 3 is 2.67 bits per heavy atom. The van der Waals surface area contributed by atoms with Gasteiger partial charge in [-0.3, -0.25) is 4.52 Å². The molecular weight excluding hydrogens is 315 g/mol. The summed E-state index contributed by atoms with van der Waals surface area (Å²) in [5, 5.41) is 4.69. The highest BCUT2D eigenvalue weighted by Crippen LogP contribution is 2.22. The Bertz CT molecular complexity index is 830. The van der Waals surface area contributed by atoms with Gasteiger partial charge in [0.05, 0.1) is 6.54 Å². The predicted octanol–water partition coefficient (Wildman–Crippen LogP) is 2.65. The monoisotopic (exact) mass is 322 g/mol. The van der Waals surface area contributed by atoms with Gasteiger partial charge < -0.3 is 0 Å². The van der Waals surface area contributed by atoms with Crippen molar-refractivity contribution in [3.8, 4) is 11.6 Å². The molecule has 0 aliphatic carbocycles. The molecule has 2 heterocycles. The maximum atomic E-state index is 11.8. The van der Waals surface area contributed by atoms with E-state index in [2.05, 4.69) is 15.1 Å². The first-order chi connectivity index (χ1) is 10.1. The van der Waals surface area contributed by atoms with E-state index in [1.807, 2.05) is 0 Å². The van der Waals surface area contributed by atoms with Gasteiger partial charge in [-0.15, -0.1) is 0 Å². The second-order valence-corrected chi connectivity index (χ2v) is 5.01. The van der Waals surface area contributed by atoms with Gasteiger partial charge in [0.25, 0.3) is 0 Å². The van der Waals surface area contributed by atoms with Crippen molar-refractivity contribution < 1.29 is 4.52 Å². The molecule has 3 rings (SSSR count). The van der Waals surface area contributed by atoms with Crippen LogP contribution in [0.5, 0.6) is 0 Å². The Balaban J connectivity index is 2.03. The second kappa shape index (κ2) is 5.67. The summed E-state index contributed by atoms with van der Waals surface area (Å²) < 4.78 is 6.00. The van der Waals surface area contributed by atoms with E-state index in [4.69, 9.17) is 27.7 Å². The third kappa shape index (κ3) is 2.81. The highest BCUT2D eigenvalue weighted by atomic mass is 35.5. The normalized spacial score (nSPS) is 10.8. The number of aromatic nitrogens is 4. The van der Waals surface area contributed by atoms with Gasteiger partial charge in [0.1, 0.15) is 0 Å². The minimum absolute atomic E-state index is 0.186. The number of nitrogens with zero attached hydrogens (tertiary/aromatic N) is 4. The number of halogens is 2. The Labute approximate surface area is 129 Å². The van der Waals surface area contributed by atoms with Gasteiger partial charge in [-0.1, -0.05) is 34.4 Å². The molecule has 21 heavy (non-hydrogen) atoms. The van der Waals surface area contributed by atoms with Crippen molar-refractivity contribution in [1.29, 1.82) is 0 Å². The highest BCUT2D eigenvalue weighted by Gasteiger charge is 2.16. The smallest absolute Gasteiger partial charge is 0.295 e. The van der Waals surface area contributed by atoms with Gasteiger partial charge in [0, 0.05) is 22.4 Å². The van der Waals surface area contributed by atoms with E-state index >= 15 is 0 Å². The number of hydrogen-bond acceptors (Lipinski definition) is 5. The molecule has 0 atom stereocenters. The summed E-state index contributed by atoms with van der Waals surface area (Å²) in [5.74, 6) is -0.0662. The number of hydrogen-bond donors (Lipinski definition) is 0. The molecule has 0 radical (unpaired) electrons. The van der Waals surface area contributed by atoms with Crippen molar-refractivity contribution in [3.05, 3.63) is 62.8 Å². The average molecular weight is 323 g/mol. The molecule has 0 fully saturated rings. The predicted molar refractivity (Wildman–Crippen MR) is 77.4 cm³/mol. The van der Waals surface area contributed by atoms with Crippen LogP contribution in [0.25, 0.3) is 11.6 Å².